The highest BCUT2D eigenvalue weighted by molar-refractivity contribution is 6.06. The van der Waals surface area contributed by atoms with Gasteiger partial charge in [0, 0.05) is 29.9 Å². The number of nitrogens with zero attached hydrogens (tertiary/aromatic N) is 1. The highest BCUT2D eigenvalue weighted by atomic mass is 16.5. The maximum absolute atomic E-state index is 13.0. The molecule has 0 amide bonds. The van der Waals surface area contributed by atoms with Crippen molar-refractivity contribution in [1.82, 2.24) is 9.97 Å². The lowest BCUT2D eigenvalue weighted by Gasteiger charge is -2.05. The van der Waals surface area contributed by atoms with Crippen LogP contribution in [-0.2, 0) is 40.1 Å². The van der Waals surface area contributed by atoms with Gasteiger partial charge in [-0.3, -0.25) is 9.79 Å². The summed E-state index contributed by atoms with van der Waals surface area (Å²) in [6, 6.07) is 9.70. The predicted octanol–water partition coefficient (Wildman–Crippen LogP) is 7.06. The summed E-state index contributed by atoms with van der Waals surface area (Å²) in [6.45, 7) is 12.7. The minimum atomic E-state index is -0.344. The van der Waals surface area contributed by atoms with E-state index in [1.807, 2.05) is 44.2 Å². The quantitative estimate of drug-likeness (QED) is 0.248. The van der Waals surface area contributed by atoms with Crippen LogP contribution < -0.4 is 0 Å². The Hall–Kier alpha value is -4.13. The van der Waals surface area contributed by atoms with Crippen LogP contribution in [0.4, 0.5) is 0 Å². The van der Waals surface area contributed by atoms with Crippen molar-refractivity contribution in [3.05, 3.63) is 97.8 Å². The molecule has 0 aliphatic carbocycles. The highest BCUT2D eigenvalue weighted by Gasteiger charge is 2.25. The molecule has 41 heavy (non-hydrogen) atoms. The summed E-state index contributed by atoms with van der Waals surface area (Å²) in [6.07, 6.45) is 5.38. The number of aromatic nitrogens is 2. The number of hydrogen-bond donors (Lipinski definition) is 2. The lowest BCUT2D eigenvalue weighted by atomic mass is 9.98. The number of esters is 2. The zero-order valence-corrected chi connectivity index (χ0v) is 25.3. The lowest BCUT2D eigenvalue weighted by Crippen LogP contribution is -2.08. The van der Waals surface area contributed by atoms with Gasteiger partial charge in [0.15, 0.2) is 0 Å². The van der Waals surface area contributed by atoms with E-state index in [-0.39, 0.29) is 18.5 Å². The van der Waals surface area contributed by atoms with E-state index >= 15 is 0 Å². The molecule has 0 atom stereocenters. The lowest BCUT2D eigenvalue weighted by molar-refractivity contribution is -0.140. The van der Waals surface area contributed by atoms with E-state index in [9.17, 15) is 9.59 Å². The Bertz CT molecular complexity index is 1530. The summed E-state index contributed by atoms with van der Waals surface area (Å²) in [5, 5.41) is 0. The van der Waals surface area contributed by atoms with Crippen LogP contribution in [0.15, 0.2) is 52.2 Å². The SMILES string of the molecule is CCC1=C(C)C(Cc2[nH]c(C(=O)OCc3ccccc3)c(C)c2CC)=N/C1=C\c1[nH]c(C)c(CCC(=O)OC)c1C. The molecule has 2 aromatic heterocycles. The molecule has 0 fully saturated rings. The van der Waals surface area contributed by atoms with Crippen molar-refractivity contribution in [3.8, 4) is 0 Å². The van der Waals surface area contributed by atoms with Gasteiger partial charge in [-0.1, -0.05) is 44.2 Å². The maximum atomic E-state index is 13.0. The molecule has 7 nitrogen and oxygen atoms in total. The Labute approximate surface area is 242 Å². The monoisotopic (exact) mass is 555 g/mol. The molecule has 0 saturated heterocycles. The fourth-order valence-corrected chi connectivity index (χ4v) is 5.69. The molecule has 0 unspecified atom stereocenters. The first-order chi connectivity index (χ1) is 19.7. The van der Waals surface area contributed by atoms with E-state index in [4.69, 9.17) is 14.5 Å². The molecule has 2 N–H and O–H groups in total. The predicted molar refractivity (Wildman–Crippen MR) is 163 cm³/mol. The second-order valence-electron chi connectivity index (χ2n) is 10.6. The van der Waals surface area contributed by atoms with Crippen molar-refractivity contribution in [2.24, 2.45) is 4.99 Å². The average molecular weight is 556 g/mol. The van der Waals surface area contributed by atoms with E-state index in [1.165, 1.54) is 18.3 Å². The maximum Gasteiger partial charge on any atom is 0.355 e. The standard InChI is InChI=1S/C34H41N3O4/c1-8-25-20(3)29(36-30(25)17-28-21(4)27(23(6)35-28)15-16-32(38)40-7)18-31-26(9-2)22(5)33(37-31)34(39)41-19-24-13-11-10-12-14-24/h10-14,17,35,37H,8-9,15-16,18-19H2,1-7H3/b30-17-. The smallest absolute Gasteiger partial charge is 0.355 e. The van der Waals surface area contributed by atoms with Crippen LogP contribution in [-0.4, -0.2) is 34.7 Å². The summed E-state index contributed by atoms with van der Waals surface area (Å²) in [4.78, 5) is 36.7. The van der Waals surface area contributed by atoms with Crippen LogP contribution in [0, 0.1) is 20.8 Å². The number of aromatic amines is 2. The topological polar surface area (TPSA) is 96.5 Å². The number of carbonyl (C=O) groups is 2. The number of aryl methyl sites for hydroxylation is 1. The van der Waals surface area contributed by atoms with Gasteiger partial charge in [-0.15, -0.1) is 0 Å². The average Bonchev–Trinajstić information content (AvgIpc) is 3.55. The Balaban J connectivity index is 1.59. The Morgan fingerprint density at radius 3 is 2.34 bits per heavy atom. The van der Waals surface area contributed by atoms with Gasteiger partial charge in [-0.05, 0) is 92.0 Å². The van der Waals surface area contributed by atoms with Gasteiger partial charge in [0.25, 0.3) is 0 Å². The summed E-state index contributed by atoms with van der Waals surface area (Å²) in [7, 11) is 1.42. The van der Waals surface area contributed by atoms with Crippen LogP contribution in [0.25, 0.3) is 6.08 Å². The van der Waals surface area contributed by atoms with E-state index < -0.39 is 0 Å². The highest BCUT2D eigenvalue weighted by Crippen LogP contribution is 2.33. The van der Waals surface area contributed by atoms with Crippen molar-refractivity contribution >= 4 is 23.7 Å². The molecular formula is C34H41N3O4. The van der Waals surface area contributed by atoms with Crippen molar-refractivity contribution in [2.45, 2.75) is 80.3 Å². The fraction of sp³-hybridized carbons (Fsp3) is 0.382. The molecule has 216 valence electrons. The first kappa shape index (κ1) is 29.8. The minimum absolute atomic E-state index is 0.208. The van der Waals surface area contributed by atoms with Crippen molar-refractivity contribution in [2.75, 3.05) is 7.11 Å². The summed E-state index contributed by atoms with van der Waals surface area (Å²) in [5.41, 5.74) is 13.2. The van der Waals surface area contributed by atoms with E-state index in [0.29, 0.717) is 25.0 Å². The first-order valence-corrected chi connectivity index (χ1v) is 14.3. The molecular weight excluding hydrogens is 514 g/mol. The number of nitrogens with one attached hydrogen (secondary N) is 2. The van der Waals surface area contributed by atoms with Crippen LogP contribution in [0.3, 0.4) is 0 Å². The van der Waals surface area contributed by atoms with Gasteiger partial charge in [0.1, 0.15) is 12.3 Å². The molecule has 0 radical (unpaired) electrons. The summed E-state index contributed by atoms with van der Waals surface area (Å²) >= 11 is 0. The van der Waals surface area contributed by atoms with Gasteiger partial charge in [0.2, 0.25) is 0 Å². The molecule has 7 heteroatoms. The third-order valence-corrected chi connectivity index (χ3v) is 8.11. The van der Waals surface area contributed by atoms with Gasteiger partial charge >= 0.3 is 11.9 Å². The number of H-pyrrole nitrogens is 2. The summed E-state index contributed by atoms with van der Waals surface area (Å²) < 4.78 is 10.5. The molecule has 3 heterocycles. The molecule has 4 rings (SSSR count). The van der Waals surface area contributed by atoms with Gasteiger partial charge in [-0.25, -0.2) is 4.79 Å². The number of methoxy groups -OCH3 is 1. The molecule has 0 bridgehead atoms. The number of ether oxygens (including phenoxy) is 2. The summed E-state index contributed by atoms with van der Waals surface area (Å²) in [5.74, 6) is -0.552. The second kappa shape index (κ2) is 13.0. The van der Waals surface area contributed by atoms with Gasteiger partial charge in [-0.2, -0.15) is 0 Å². The number of rotatable bonds is 11. The molecule has 1 aromatic carbocycles. The number of benzene rings is 1. The van der Waals surface area contributed by atoms with Crippen LogP contribution in [0.1, 0.15) is 89.0 Å². The second-order valence-corrected chi connectivity index (χ2v) is 10.6. The van der Waals surface area contributed by atoms with E-state index in [0.717, 1.165) is 69.1 Å². The third kappa shape index (κ3) is 6.45. The van der Waals surface area contributed by atoms with Gasteiger partial charge in [0.05, 0.1) is 18.5 Å². The Morgan fingerprint density at radius 2 is 1.68 bits per heavy atom. The Morgan fingerprint density at radius 1 is 0.951 bits per heavy atom. The molecule has 1 aliphatic heterocycles. The normalized spacial score (nSPS) is 14.1. The molecule has 1 aliphatic rings. The number of allylic oxidation sites excluding steroid dienone is 2. The van der Waals surface area contributed by atoms with E-state index in [1.54, 1.807) is 0 Å². The molecule has 0 saturated carbocycles. The third-order valence-electron chi connectivity index (χ3n) is 8.11. The molecule has 0 spiro atoms. The zero-order valence-electron chi connectivity index (χ0n) is 25.3. The number of hydrogen-bond acceptors (Lipinski definition) is 5. The number of aliphatic imine (C=N–C) groups is 1. The zero-order chi connectivity index (χ0) is 29.7. The number of carbonyl (C=O) groups excluding carboxylic acids is 2. The fourth-order valence-electron chi connectivity index (χ4n) is 5.69. The van der Waals surface area contributed by atoms with Crippen LogP contribution >= 0.6 is 0 Å². The van der Waals surface area contributed by atoms with Crippen LogP contribution in [0.2, 0.25) is 0 Å². The first-order valence-electron chi connectivity index (χ1n) is 14.3. The Kier molecular flexibility index (Phi) is 9.48. The van der Waals surface area contributed by atoms with Gasteiger partial charge < -0.3 is 19.4 Å². The minimum Gasteiger partial charge on any atom is -0.469 e. The van der Waals surface area contributed by atoms with Crippen molar-refractivity contribution < 1.29 is 19.1 Å². The van der Waals surface area contributed by atoms with E-state index in [2.05, 4.69) is 43.7 Å². The van der Waals surface area contributed by atoms with Crippen molar-refractivity contribution in [3.63, 3.8) is 0 Å². The largest absolute Gasteiger partial charge is 0.469 e. The molecule has 3 aromatic rings. The van der Waals surface area contributed by atoms with Crippen LogP contribution in [0.5, 0.6) is 0 Å². The van der Waals surface area contributed by atoms with Crippen molar-refractivity contribution in [1.29, 1.82) is 0 Å².